The molecule has 1 rings (SSSR count). The van der Waals surface area contributed by atoms with Crippen molar-refractivity contribution in [2.75, 3.05) is 17.7 Å². The molecule has 0 aliphatic rings. The van der Waals surface area contributed by atoms with E-state index in [4.69, 9.17) is 10.5 Å². The van der Waals surface area contributed by atoms with Crippen molar-refractivity contribution in [1.29, 1.82) is 0 Å². The van der Waals surface area contributed by atoms with Gasteiger partial charge in [-0.3, -0.25) is 0 Å². The molecule has 20 heavy (non-hydrogen) atoms. The van der Waals surface area contributed by atoms with Gasteiger partial charge in [-0.15, -0.1) is 0 Å². The maximum absolute atomic E-state index is 5.92. The lowest BCUT2D eigenvalue weighted by atomic mass is 10.1. The van der Waals surface area contributed by atoms with Crippen LogP contribution < -0.4 is 15.8 Å². The predicted molar refractivity (Wildman–Crippen MR) is 88.5 cm³/mol. The third kappa shape index (κ3) is 6.18. The van der Waals surface area contributed by atoms with Crippen molar-refractivity contribution < 1.29 is 4.74 Å². The standard InChI is InChI=1S/C17H30N2O/c1-4-6-7-8-9-14(3)19-15-10-11-16(18)17(13-15)20-12-5-2/h10-11,13-14,19H,4-9,12,18H2,1-3H3. The van der Waals surface area contributed by atoms with Gasteiger partial charge in [-0.1, -0.05) is 39.5 Å². The van der Waals surface area contributed by atoms with Gasteiger partial charge in [0.15, 0.2) is 0 Å². The molecule has 1 atom stereocenters. The summed E-state index contributed by atoms with van der Waals surface area (Å²) < 4.78 is 5.66. The van der Waals surface area contributed by atoms with Crippen molar-refractivity contribution in [2.24, 2.45) is 0 Å². The predicted octanol–water partition coefficient (Wildman–Crippen LogP) is 4.83. The van der Waals surface area contributed by atoms with Crippen LogP contribution >= 0.6 is 0 Å². The third-order valence-electron chi connectivity index (χ3n) is 3.38. The highest BCUT2D eigenvalue weighted by atomic mass is 16.5. The van der Waals surface area contributed by atoms with E-state index in [-0.39, 0.29) is 0 Å². The van der Waals surface area contributed by atoms with E-state index < -0.39 is 0 Å². The van der Waals surface area contributed by atoms with Crippen LogP contribution in [0.25, 0.3) is 0 Å². The monoisotopic (exact) mass is 278 g/mol. The summed E-state index contributed by atoms with van der Waals surface area (Å²) in [4.78, 5) is 0. The number of unbranched alkanes of at least 4 members (excludes halogenated alkanes) is 3. The molecule has 0 amide bonds. The van der Waals surface area contributed by atoms with Crippen LogP contribution in [0.5, 0.6) is 5.75 Å². The Bertz CT molecular complexity index is 379. The lowest BCUT2D eigenvalue weighted by molar-refractivity contribution is 0.319. The van der Waals surface area contributed by atoms with Crippen LogP contribution in [0, 0.1) is 0 Å². The second kappa shape index (κ2) is 9.51. The Hall–Kier alpha value is -1.38. The number of benzene rings is 1. The average molecular weight is 278 g/mol. The van der Waals surface area contributed by atoms with Gasteiger partial charge in [0.25, 0.3) is 0 Å². The lowest BCUT2D eigenvalue weighted by Crippen LogP contribution is -2.15. The van der Waals surface area contributed by atoms with Crippen molar-refractivity contribution in [3.8, 4) is 5.75 Å². The van der Waals surface area contributed by atoms with Crippen molar-refractivity contribution in [3.05, 3.63) is 18.2 Å². The van der Waals surface area contributed by atoms with Crippen molar-refractivity contribution in [2.45, 2.75) is 65.3 Å². The smallest absolute Gasteiger partial charge is 0.144 e. The van der Waals surface area contributed by atoms with Crippen LogP contribution in [0.15, 0.2) is 18.2 Å². The topological polar surface area (TPSA) is 47.3 Å². The molecule has 1 aromatic rings. The zero-order valence-corrected chi connectivity index (χ0v) is 13.2. The highest BCUT2D eigenvalue weighted by Crippen LogP contribution is 2.26. The molecule has 3 nitrogen and oxygen atoms in total. The molecule has 0 radical (unpaired) electrons. The number of ether oxygens (including phenoxy) is 1. The van der Waals surface area contributed by atoms with Gasteiger partial charge in [0.2, 0.25) is 0 Å². The molecule has 3 heteroatoms. The second-order valence-electron chi connectivity index (χ2n) is 5.50. The van der Waals surface area contributed by atoms with Crippen LogP contribution in [0.3, 0.4) is 0 Å². The van der Waals surface area contributed by atoms with Gasteiger partial charge in [0, 0.05) is 17.8 Å². The van der Waals surface area contributed by atoms with E-state index in [0.717, 1.165) is 17.9 Å². The minimum absolute atomic E-state index is 0.481. The molecular formula is C17H30N2O. The molecule has 3 N–H and O–H groups in total. The average Bonchev–Trinajstić information content (AvgIpc) is 2.44. The first-order valence-corrected chi connectivity index (χ1v) is 7.96. The second-order valence-corrected chi connectivity index (χ2v) is 5.50. The maximum atomic E-state index is 5.92. The molecule has 0 fully saturated rings. The molecule has 0 aliphatic heterocycles. The fraction of sp³-hybridized carbons (Fsp3) is 0.647. The van der Waals surface area contributed by atoms with Crippen molar-refractivity contribution in [3.63, 3.8) is 0 Å². The Morgan fingerprint density at radius 1 is 1.15 bits per heavy atom. The zero-order chi connectivity index (χ0) is 14.8. The van der Waals surface area contributed by atoms with Crippen molar-refractivity contribution in [1.82, 2.24) is 0 Å². The van der Waals surface area contributed by atoms with Gasteiger partial charge in [-0.2, -0.15) is 0 Å². The molecular weight excluding hydrogens is 248 g/mol. The third-order valence-corrected chi connectivity index (χ3v) is 3.38. The Balaban J connectivity index is 2.46. The van der Waals surface area contributed by atoms with Crippen LogP contribution in [0.4, 0.5) is 11.4 Å². The Morgan fingerprint density at radius 3 is 2.65 bits per heavy atom. The summed E-state index contributed by atoms with van der Waals surface area (Å²) in [6.07, 6.45) is 7.44. The molecule has 1 unspecified atom stereocenters. The van der Waals surface area contributed by atoms with Gasteiger partial charge >= 0.3 is 0 Å². The normalized spacial score (nSPS) is 12.2. The summed E-state index contributed by atoms with van der Waals surface area (Å²) >= 11 is 0. The minimum Gasteiger partial charge on any atom is -0.491 e. The van der Waals surface area contributed by atoms with Crippen LogP contribution in [0.1, 0.15) is 59.3 Å². The fourth-order valence-electron chi connectivity index (χ4n) is 2.20. The number of hydrogen-bond donors (Lipinski definition) is 2. The van der Waals surface area contributed by atoms with Crippen molar-refractivity contribution >= 4 is 11.4 Å². The number of hydrogen-bond acceptors (Lipinski definition) is 3. The van der Waals surface area contributed by atoms with E-state index in [0.29, 0.717) is 18.3 Å². The van der Waals surface area contributed by atoms with E-state index in [1.807, 2.05) is 18.2 Å². The molecule has 0 spiro atoms. The summed E-state index contributed by atoms with van der Waals surface area (Å²) in [5.74, 6) is 0.787. The van der Waals surface area contributed by atoms with E-state index in [2.05, 4.69) is 26.1 Å². The number of nitrogens with two attached hydrogens (primary N) is 1. The maximum Gasteiger partial charge on any atom is 0.144 e. The highest BCUT2D eigenvalue weighted by Gasteiger charge is 2.05. The van der Waals surface area contributed by atoms with Crippen LogP contribution in [0.2, 0.25) is 0 Å². The molecule has 114 valence electrons. The molecule has 0 bridgehead atoms. The summed E-state index contributed by atoms with van der Waals surface area (Å²) in [5, 5.41) is 3.53. The number of anilines is 2. The molecule has 0 saturated heterocycles. The summed E-state index contributed by atoms with van der Waals surface area (Å²) in [6, 6.07) is 6.43. The van der Waals surface area contributed by atoms with Gasteiger partial charge in [0.1, 0.15) is 5.75 Å². The van der Waals surface area contributed by atoms with Gasteiger partial charge in [-0.05, 0) is 31.9 Å². The first-order chi connectivity index (χ1) is 9.67. The molecule has 0 aliphatic carbocycles. The zero-order valence-electron chi connectivity index (χ0n) is 13.2. The number of nitrogens with one attached hydrogen (secondary N) is 1. The summed E-state index contributed by atoms with van der Waals surface area (Å²) in [7, 11) is 0. The SMILES string of the molecule is CCCCCCC(C)Nc1ccc(N)c(OCCC)c1. The Labute approximate surface area is 123 Å². The minimum atomic E-state index is 0.481. The number of rotatable bonds is 10. The van der Waals surface area contributed by atoms with Gasteiger partial charge < -0.3 is 15.8 Å². The largest absolute Gasteiger partial charge is 0.491 e. The first kappa shape index (κ1) is 16.7. The molecule has 1 aromatic carbocycles. The van der Waals surface area contributed by atoms with Gasteiger partial charge in [0.05, 0.1) is 12.3 Å². The summed E-state index contributed by atoms with van der Waals surface area (Å²) in [6.45, 7) is 7.28. The molecule has 0 aromatic heterocycles. The first-order valence-electron chi connectivity index (χ1n) is 7.96. The highest BCUT2D eigenvalue weighted by molar-refractivity contribution is 5.61. The number of nitrogen functional groups attached to an aromatic ring is 1. The van der Waals surface area contributed by atoms with E-state index in [1.54, 1.807) is 0 Å². The van der Waals surface area contributed by atoms with E-state index >= 15 is 0 Å². The summed E-state index contributed by atoms with van der Waals surface area (Å²) in [5.41, 5.74) is 7.72. The Morgan fingerprint density at radius 2 is 1.95 bits per heavy atom. The quantitative estimate of drug-likeness (QED) is 0.476. The Kier molecular flexibility index (Phi) is 7.93. The molecule has 0 heterocycles. The van der Waals surface area contributed by atoms with E-state index in [1.165, 1.54) is 32.1 Å². The van der Waals surface area contributed by atoms with Gasteiger partial charge in [-0.25, -0.2) is 0 Å². The van der Waals surface area contributed by atoms with E-state index in [9.17, 15) is 0 Å². The van der Waals surface area contributed by atoms with Crippen LogP contribution in [-0.4, -0.2) is 12.6 Å². The van der Waals surface area contributed by atoms with Crippen LogP contribution in [-0.2, 0) is 0 Å². The fourth-order valence-corrected chi connectivity index (χ4v) is 2.20. The lowest BCUT2D eigenvalue weighted by Gasteiger charge is -2.17. The molecule has 0 saturated carbocycles.